The van der Waals surface area contributed by atoms with Crippen molar-refractivity contribution in [2.75, 3.05) is 14.2 Å². The molecule has 2 aromatic carbocycles. The maximum Gasteiger partial charge on any atom is 0.573 e. The lowest BCUT2D eigenvalue weighted by molar-refractivity contribution is -0.274. The SMILES string of the molecule is COc1cc2nc(/C=C/c3ccc(OC(F)(F)F)cc3)nc(Cl)c2cc1OC. The number of halogens is 4. The summed E-state index contributed by atoms with van der Waals surface area (Å²) in [6, 6.07) is 8.77. The number of hydrogen-bond donors (Lipinski definition) is 0. The summed E-state index contributed by atoms with van der Waals surface area (Å²) in [5.41, 5.74) is 1.20. The van der Waals surface area contributed by atoms with Crippen LogP contribution in [0.3, 0.4) is 0 Å². The van der Waals surface area contributed by atoms with Crippen molar-refractivity contribution in [2.24, 2.45) is 0 Å². The van der Waals surface area contributed by atoms with Gasteiger partial charge >= 0.3 is 6.36 Å². The van der Waals surface area contributed by atoms with Gasteiger partial charge in [-0.3, -0.25) is 0 Å². The van der Waals surface area contributed by atoms with Crippen LogP contribution in [0.25, 0.3) is 23.1 Å². The van der Waals surface area contributed by atoms with Crippen LogP contribution >= 0.6 is 11.6 Å². The van der Waals surface area contributed by atoms with E-state index < -0.39 is 6.36 Å². The van der Waals surface area contributed by atoms with E-state index in [0.717, 1.165) is 0 Å². The second kappa shape index (κ2) is 7.93. The first-order valence-electron chi connectivity index (χ1n) is 7.92. The predicted octanol–water partition coefficient (Wildman–Crippen LogP) is 5.37. The lowest BCUT2D eigenvalue weighted by Crippen LogP contribution is -2.16. The molecule has 9 heteroatoms. The van der Waals surface area contributed by atoms with Crippen molar-refractivity contribution in [1.29, 1.82) is 0 Å². The van der Waals surface area contributed by atoms with Crippen molar-refractivity contribution >= 4 is 34.7 Å². The van der Waals surface area contributed by atoms with Gasteiger partial charge in [0.25, 0.3) is 0 Å². The first-order chi connectivity index (χ1) is 13.3. The number of benzene rings is 2. The molecule has 3 rings (SSSR count). The van der Waals surface area contributed by atoms with E-state index in [9.17, 15) is 13.2 Å². The van der Waals surface area contributed by atoms with Gasteiger partial charge in [0.05, 0.1) is 19.7 Å². The van der Waals surface area contributed by atoms with E-state index in [-0.39, 0.29) is 10.9 Å². The molecule has 0 unspecified atom stereocenters. The number of methoxy groups -OCH3 is 2. The Bertz CT molecular complexity index is 1020. The molecule has 0 fully saturated rings. The highest BCUT2D eigenvalue weighted by atomic mass is 35.5. The molecule has 28 heavy (non-hydrogen) atoms. The van der Waals surface area contributed by atoms with E-state index in [1.807, 2.05) is 0 Å². The van der Waals surface area contributed by atoms with Gasteiger partial charge in [0.2, 0.25) is 0 Å². The molecular weight excluding hydrogens is 397 g/mol. The fraction of sp³-hybridized carbons (Fsp3) is 0.158. The molecule has 0 aliphatic rings. The van der Waals surface area contributed by atoms with Crippen molar-refractivity contribution in [1.82, 2.24) is 9.97 Å². The molecule has 0 amide bonds. The number of rotatable bonds is 5. The topological polar surface area (TPSA) is 53.5 Å². The van der Waals surface area contributed by atoms with Gasteiger partial charge in [0, 0.05) is 11.5 Å². The Kier molecular flexibility index (Phi) is 5.60. The average molecular weight is 411 g/mol. The minimum atomic E-state index is -4.73. The van der Waals surface area contributed by atoms with Gasteiger partial charge < -0.3 is 14.2 Å². The molecule has 0 saturated heterocycles. The quantitative estimate of drug-likeness (QED) is 0.529. The largest absolute Gasteiger partial charge is 0.573 e. The van der Waals surface area contributed by atoms with Crippen molar-refractivity contribution in [3.8, 4) is 17.2 Å². The molecule has 0 aliphatic carbocycles. The Balaban J connectivity index is 1.87. The molecule has 3 aromatic rings. The highest BCUT2D eigenvalue weighted by Crippen LogP contribution is 2.34. The van der Waals surface area contributed by atoms with Gasteiger partial charge in [0.15, 0.2) is 17.3 Å². The fourth-order valence-corrected chi connectivity index (χ4v) is 2.70. The molecule has 1 heterocycles. The standard InChI is InChI=1S/C19H14ClF3N2O3/c1-26-15-9-13-14(10-16(15)27-2)24-17(25-18(13)20)8-5-11-3-6-12(7-4-11)28-19(21,22)23/h3-10H,1-2H3/b8-5+. The van der Waals surface area contributed by atoms with Crippen molar-refractivity contribution in [3.63, 3.8) is 0 Å². The lowest BCUT2D eigenvalue weighted by atomic mass is 10.2. The first kappa shape index (κ1) is 19.8. The van der Waals surface area contributed by atoms with Gasteiger partial charge in [-0.25, -0.2) is 9.97 Å². The molecule has 0 atom stereocenters. The zero-order valence-corrected chi connectivity index (χ0v) is 15.5. The third-order valence-electron chi connectivity index (χ3n) is 3.71. The second-order valence-corrected chi connectivity index (χ2v) is 5.91. The Hall–Kier alpha value is -3.00. The summed E-state index contributed by atoms with van der Waals surface area (Å²) in [6.07, 6.45) is -1.48. The monoisotopic (exact) mass is 410 g/mol. The number of hydrogen-bond acceptors (Lipinski definition) is 5. The third-order valence-corrected chi connectivity index (χ3v) is 4.00. The van der Waals surface area contributed by atoms with E-state index >= 15 is 0 Å². The molecule has 146 valence electrons. The summed E-state index contributed by atoms with van der Waals surface area (Å²) >= 11 is 6.25. The van der Waals surface area contributed by atoms with E-state index in [1.54, 1.807) is 24.3 Å². The molecule has 0 bridgehead atoms. The number of ether oxygens (including phenoxy) is 3. The zero-order chi connectivity index (χ0) is 20.3. The summed E-state index contributed by atoms with van der Waals surface area (Å²) in [5, 5.41) is 0.838. The van der Waals surface area contributed by atoms with Gasteiger partial charge in [-0.2, -0.15) is 0 Å². The second-order valence-electron chi connectivity index (χ2n) is 5.55. The first-order valence-corrected chi connectivity index (χ1v) is 8.30. The van der Waals surface area contributed by atoms with Crippen LogP contribution in [0.2, 0.25) is 5.15 Å². The maximum absolute atomic E-state index is 12.2. The number of aromatic nitrogens is 2. The third kappa shape index (κ3) is 4.64. The van der Waals surface area contributed by atoms with E-state index in [4.69, 9.17) is 21.1 Å². The van der Waals surface area contributed by atoms with Crippen LogP contribution in [0.5, 0.6) is 17.2 Å². The molecule has 0 saturated carbocycles. The van der Waals surface area contributed by atoms with Crippen molar-refractivity contribution in [3.05, 3.63) is 52.9 Å². The average Bonchev–Trinajstić information content (AvgIpc) is 2.65. The molecule has 0 radical (unpaired) electrons. The van der Waals surface area contributed by atoms with E-state index in [1.165, 1.54) is 38.5 Å². The van der Waals surface area contributed by atoms with Crippen molar-refractivity contribution < 1.29 is 27.4 Å². The Morgan fingerprint density at radius 2 is 1.57 bits per heavy atom. The van der Waals surface area contributed by atoms with Crippen LogP contribution in [-0.2, 0) is 0 Å². The Morgan fingerprint density at radius 3 is 2.18 bits per heavy atom. The number of alkyl halides is 3. The summed E-state index contributed by atoms with van der Waals surface area (Å²) in [7, 11) is 3.03. The van der Waals surface area contributed by atoms with E-state index in [0.29, 0.717) is 33.8 Å². The molecular formula is C19H14ClF3N2O3. The lowest BCUT2D eigenvalue weighted by Gasteiger charge is -2.09. The van der Waals surface area contributed by atoms with Crippen LogP contribution < -0.4 is 14.2 Å². The Morgan fingerprint density at radius 1 is 0.929 bits per heavy atom. The molecule has 0 N–H and O–H groups in total. The van der Waals surface area contributed by atoms with Gasteiger partial charge in [-0.1, -0.05) is 29.8 Å². The molecule has 1 aromatic heterocycles. The van der Waals surface area contributed by atoms with E-state index in [2.05, 4.69) is 14.7 Å². The van der Waals surface area contributed by atoms with Crippen LogP contribution in [-0.4, -0.2) is 30.5 Å². The smallest absolute Gasteiger partial charge is 0.493 e. The summed E-state index contributed by atoms with van der Waals surface area (Å²) < 4.78 is 50.9. The highest BCUT2D eigenvalue weighted by molar-refractivity contribution is 6.34. The summed E-state index contributed by atoms with van der Waals surface area (Å²) in [5.74, 6) is 1.04. The molecule has 0 spiro atoms. The molecule has 0 aliphatic heterocycles. The minimum absolute atomic E-state index is 0.236. The summed E-state index contributed by atoms with van der Waals surface area (Å²) in [6.45, 7) is 0. The van der Waals surface area contributed by atoms with Gasteiger partial charge in [-0.05, 0) is 29.8 Å². The van der Waals surface area contributed by atoms with Crippen molar-refractivity contribution in [2.45, 2.75) is 6.36 Å². The van der Waals surface area contributed by atoms with Crippen LogP contribution in [0, 0.1) is 0 Å². The fourth-order valence-electron chi connectivity index (χ4n) is 2.46. The maximum atomic E-state index is 12.2. The predicted molar refractivity (Wildman–Crippen MR) is 99.7 cm³/mol. The zero-order valence-electron chi connectivity index (χ0n) is 14.7. The number of nitrogens with zero attached hydrogens (tertiary/aromatic N) is 2. The van der Waals surface area contributed by atoms with Crippen LogP contribution in [0.1, 0.15) is 11.4 Å². The van der Waals surface area contributed by atoms with Gasteiger partial charge in [-0.15, -0.1) is 13.2 Å². The number of fused-ring (bicyclic) bond motifs is 1. The van der Waals surface area contributed by atoms with Crippen LogP contribution in [0.4, 0.5) is 13.2 Å². The molecule has 5 nitrogen and oxygen atoms in total. The highest BCUT2D eigenvalue weighted by Gasteiger charge is 2.30. The van der Waals surface area contributed by atoms with Crippen LogP contribution in [0.15, 0.2) is 36.4 Å². The van der Waals surface area contributed by atoms with Gasteiger partial charge in [0.1, 0.15) is 10.9 Å². The minimum Gasteiger partial charge on any atom is -0.493 e. The normalized spacial score (nSPS) is 11.8. The Labute approximate surface area is 163 Å². The summed E-state index contributed by atoms with van der Waals surface area (Å²) in [4.78, 5) is 8.62.